The third-order valence-electron chi connectivity index (χ3n) is 3.02. The molecule has 3 aromatic carbocycles. The molecule has 0 radical (unpaired) electrons. The molecule has 0 aliphatic heterocycles. The van der Waals surface area contributed by atoms with E-state index in [-0.39, 0.29) is 0 Å². The highest BCUT2D eigenvalue weighted by molar-refractivity contribution is 9.10. The Bertz CT molecular complexity index is 705. The molecule has 18 heavy (non-hydrogen) atoms. The van der Waals surface area contributed by atoms with E-state index in [1.54, 1.807) is 0 Å². The van der Waals surface area contributed by atoms with Crippen LogP contribution in [0.2, 0.25) is 5.02 Å². The van der Waals surface area contributed by atoms with Crippen molar-refractivity contribution < 1.29 is 0 Å². The van der Waals surface area contributed by atoms with Crippen LogP contribution in [-0.4, -0.2) is 0 Å². The van der Waals surface area contributed by atoms with Crippen molar-refractivity contribution in [2.24, 2.45) is 0 Å². The van der Waals surface area contributed by atoms with Gasteiger partial charge in [0.1, 0.15) is 0 Å². The van der Waals surface area contributed by atoms with Gasteiger partial charge in [0, 0.05) is 20.3 Å². The maximum atomic E-state index is 6.27. The van der Waals surface area contributed by atoms with E-state index >= 15 is 0 Å². The molecule has 0 heterocycles. The van der Waals surface area contributed by atoms with Crippen molar-refractivity contribution in [1.82, 2.24) is 0 Å². The molecule has 0 nitrogen and oxygen atoms in total. The van der Waals surface area contributed by atoms with Crippen molar-refractivity contribution in [3.63, 3.8) is 0 Å². The Labute approximate surface area is 119 Å². The predicted molar refractivity (Wildman–Crippen MR) is 82.1 cm³/mol. The van der Waals surface area contributed by atoms with Crippen LogP contribution in [0, 0.1) is 0 Å². The summed E-state index contributed by atoms with van der Waals surface area (Å²) in [7, 11) is 0. The van der Waals surface area contributed by atoms with Crippen molar-refractivity contribution in [3.05, 3.63) is 70.2 Å². The maximum absolute atomic E-state index is 6.27. The first kappa shape index (κ1) is 11.8. The molecule has 0 aliphatic carbocycles. The second-order valence-electron chi connectivity index (χ2n) is 4.12. The van der Waals surface area contributed by atoms with Crippen LogP contribution in [0.25, 0.3) is 21.9 Å². The number of hydrogen-bond acceptors (Lipinski definition) is 0. The van der Waals surface area contributed by atoms with Gasteiger partial charge in [-0.1, -0.05) is 76.1 Å². The largest absolute Gasteiger partial charge is 0.0837 e. The molecule has 0 bridgehead atoms. The highest BCUT2D eigenvalue weighted by Crippen LogP contribution is 2.37. The fraction of sp³-hybridized carbons (Fsp3) is 0. The zero-order chi connectivity index (χ0) is 12.5. The summed E-state index contributed by atoms with van der Waals surface area (Å²) in [6, 6.07) is 20.5. The molecule has 0 aromatic heterocycles. The Morgan fingerprint density at radius 1 is 0.778 bits per heavy atom. The zero-order valence-corrected chi connectivity index (χ0v) is 11.9. The lowest BCUT2D eigenvalue weighted by Crippen LogP contribution is -1.83. The number of rotatable bonds is 1. The SMILES string of the molecule is Clc1ccc(Br)c2c(-c3ccccc3)cccc12. The fourth-order valence-electron chi connectivity index (χ4n) is 2.19. The summed E-state index contributed by atoms with van der Waals surface area (Å²) >= 11 is 9.89. The topological polar surface area (TPSA) is 0 Å². The molecule has 0 saturated carbocycles. The van der Waals surface area contributed by atoms with E-state index in [9.17, 15) is 0 Å². The normalized spacial score (nSPS) is 10.8. The fourth-order valence-corrected chi connectivity index (χ4v) is 2.97. The molecule has 0 saturated heterocycles. The summed E-state index contributed by atoms with van der Waals surface area (Å²) in [5, 5.41) is 3.02. The molecule has 0 spiro atoms. The van der Waals surface area contributed by atoms with Gasteiger partial charge in [0.2, 0.25) is 0 Å². The van der Waals surface area contributed by atoms with E-state index in [1.807, 2.05) is 36.4 Å². The van der Waals surface area contributed by atoms with Crippen LogP contribution < -0.4 is 0 Å². The van der Waals surface area contributed by atoms with Gasteiger partial charge < -0.3 is 0 Å². The lowest BCUT2D eigenvalue weighted by atomic mass is 9.98. The van der Waals surface area contributed by atoms with E-state index < -0.39 is 0 Å². The van der Waals surface area contributed by atoms with E-state index in [2.05, 4.69) is 40.2 Å². The Balaban J connectivity index is 2.41. The molecule has 0 atom stereocenters. The van der Waals surface area contributed by atoms with Crippen LogP contribution in [0.1, 0.15) is 0 Å². The summed E-state index contributed by atoms with van der Waals surface area (Å²) in [5.74, 6) is 0. The molecule has 88 valence electrons. The molecular weight excluding hydrogens is 308 g/mol. The van der Waals surface area contributed by atoms with Crippen LogP contribution in [0.15, 0.2) is 65.1 Å². The van der Waals surface area contributed by atoms with Gasteiger partial charge in [-0.25, -0.2) is 0 Å². The second-order valence-corrected chi connectivity index (χ2v) is 5.38. The Hall–Kier alpha value is -1.31. The predicted octanol–water partition coefficient (Wildman–Crippen LogP) is 5.92. The second kappa shape index (κ2) is 4.75. The standard InChI is InChI=1S/C16H10BrCl/c17-14-9-10-15(18)13-8-4-7-12(16(13)14)11-5-2-1-3-6-11/h1-10H. The molecule has 3 rings (SSSR count). The molecule has 0 N–H and O–H groups in total. The lowest BCUT2D eigenvalue weighted by molar-refractivity contribution is 1.64. The van der Waals surface area contributed by atoms with Crippen molar-refractivity contribution in [2.45, 2.75) is 0 Å². The first-order valence-electron chi connectivity index (χ1n) is 5.69. The number of benzene rings is 3. The average molecular weight is 318 g/mol. The highest BCUT2D eigenvalue weighted by Gasteiger charge is 2.08. The lowest BCUT2D eigenvalue weighted by Gasteiger charge is -2.10. The van der Waals surface area contributed by atoms with Gasteiger partial charge in [-0.3, -0.25) is 0 Å². The van der Waals surface area contributed by atoms with E-state index in [0.717, 1.165) is 20.3 Å². The first-order valence-corrected chi connectivity index (χ1v) is 6.86. The number of fused-ring (bicyclic) bond motifs is 1. The smallest absolute Gasteiger partial charge is 0.0485 e. The Morgan fingerprint density at radius 2 is 1.56 bits per heavy atom. The minimum absolute atomic E-state index is 0.783. The summed E-state index contributed by atoms with van der Waals surface area (Å²) in [6.07, 6.45) is 0. The van der Waals surface area contributed by atoms with Gasteiger partial charge in [0.15, 0.2) is 0 Å². The van der Waals surface area contributed by atoms with E-state index in [0.29, 0.717) is 0 Å². The molecule has 0 unspecified atom stereocenters. The Morgan fingerprint density at radius 3 is 2.33 bits per heavy atom. The van der Waals surface area contributed by atoms with Crippen molar-refractivity contribution in [2.75, 3.05) is 0 Å². The molecule has 0 aliphatic rings. The summed E-state index contributed by atoms with van der Waals surface area (Å²) in [4.78, 5) is 0. The molecule has 0 fully saturated rings. The average Bonchev–Trinajstić information content (AvgIpc) is 2.43. The molecule has 2 heteroatoms. The van der Waals surface area contributed by atoms with Crippen LogP contribution in [0.5, 0.6) is 0 Å². The molecular formula is C16H10BrCl. The van der Waals surface area contributed by atoms with Gasteiger partial charge in [-0.15, -0.1) is 0 Å². The van der Waals surface area contributed by atoms with Gasteiger partial charge in [-0.05, 0) is 23.3 Å². The minimum Gasteiger partial charge on any atom is -0.0837 e. The van der Waals surface area contributed by atoms with Gasteiger partial charge in [0.05, 0.1) is 0 Å². The van der Waals surface area contributed by atoms with Crippen molar-refractivity contribution in [3.8, 4) is 11.1 Å². The third-order valence-corrected chi connectivity index (χ3v) is 4.01. The van der Waals surface area contributed by atoms with Crippen molar-refractivity contribution >= 4 is 38.3 Å². The highest BCUT2D eigenvalue weighted by atomic mass is 79.9. The Kier molecular flexibility index (Phi) is 3.11. The minimum atomic E-state index is 0.783. The molecule has 0 amide bonds. The van der Waals surface area contributed by atoms with Crippen LogP contribution >= 0.6 is 27.5 Å². The third kappa shape index (κ3) is 1.94. The maximum Gasteiger partial charge on any atom is 0.0485 e. The number of hydrogen-bond donors (Lipinski definition) is 0. The summed E-state index contributed by atoms with van der Waals surface area (Å²) in [6.45, 7) is 0. The monoisotopic (exact) mass is 316 g/mol. The van der Waals surface area contributed by atoms with Crippen LogP contribution in [-0.2, 0) is 0 Å². The van der Waals surface area contributed by atoms with Crippen molar-refractivity contribution in [1.29, 1.82) is 0 Å². The quantitative estimate of drug-likeness (QED) is 0.522. The first-order chi connectivity index (χ1) is 8.77. The summed E-state index contributed by atoms with van der Waals surface area (Å²) in [5.41, 5.74) is 2.40. The van der Waals surface area contributed by atoms with Crippen LogP contribution in [0.4, 0.5) is 0 Å². The van der Waals surface area contributed by atoms with E-state index in [4.69, 9.17) is 11.6 Å². The van der Waals surface area contributed by atoms with Gasteiger partial charge >= 0.3 is 0 Å². The van der Waals surface area contributed by atoms with Crippen LogP contribution in [0.3, 0.4) is 0 Å². The summed E-state index contributed by atoms with van der Waals surface area (Å²) < 4.78 is 1.07. The molecule has 3 aromatic rings. The zero-order valence-electron chi connectivity index (χ0n) is 9.53. The van der Waals surface area contributed by atoms with Gasteiger partial charge in [0.25, 0.3) is 0 Å². The number of halogens is 2. The van der Waals surface area contributed by atoms with E-state index in [1.165, 1.54) is 11.1 Å². The van der Waals surface area contributed by atoms with Gasteiger partial charge in [-0.2, -0.15) is 0 Å².